The van der Waals surface area contributed by atoms with E-state index >= 15 is 0 Å². The summed E-state index contributed by atoms with van der Waals surface area (Å²) in [6.07, 6.45) is -1.84. The molecule has 0 saturated carbocycles. The molecule has 2 aliphatic heterocycles. The minimum absolute atomic E-state index is 0.0411. The Bertz CT molecular complexity index is 186. The molecule has 0 atom stereocenters. The summed E-state index contributed by atoms with van der Waals surface area (Å²) in [7, 11) is 0. The van der Waals surface area contributed by atoms with E-state index in [1.807, 2.05) is 0 Å². The first-order chi connectivity index (χ1) is 4.72. The van der Waals surface area contributed by atoms with Crippen molar-refractivity contribution in [2.45, 2.75) is 6.16 Å². The summed E-state index contributed by atoms with van der Waals surface area (Å²) in [4.78, 5) is 20.7. The number of rotatable bonds is 0. The smallest absolute Gasteiger partial charge is 0.365 e. The highest BCUT2D eigenvalue weighted by atomic mass is 17.1. The second kappa shape index (κ2) is 1.47. The number of carbonyl (C=O) groups is 2. The van der Waals surface area contributed by atoms with E-state index in [0.29, 0.717) is 0 Å². The van der Waals surface area contributed by atoms with Gasteiger partial charge in [0.2, 0.25) is 0 Å². The lowest BCUT2D eigenvalue weighted by Gasteiger charge is -2.30. The quantitative estimate of drug-likeness (QED) is 0.312. The summed E-state index contributed by atoms with van der Waals surface area (Å²) >= 11 is 0. The standard InChI is InChI=1S/C4H2O6/c5-2-3(6)10-4(9-2)7-1-8-4/h1H2. The molecule has 0 bridgehead atoms. The van der Waals surface area contributed by atoms with Crippen molar-refractivity contribution in [3.8, 4) is 0 Å². The van der Waals surface area contributed by atoms with Crippen molar-refractivity contribution in [3.63, 3.8) is 0 Å². The van der Waals surface area contributed by atoms with Gasteiger partial charge in [0.15, 0.2) is 6.79 Å². The number of ether oxygens (including phenoxy) is 4. The van der Waals surface area contributed by atoms with Crippen LogP contribution in [0.1, 0.15) is 0 Å². The molecule has 1 spiro atoms. The van der Waals surface area contributed by atoms with Gasteiger partial charge in [0.25, 0.3) is 0 Å². The Kier molecular flexibility index (Phi) is 0.828. The summed E-state index contributed by atoms with van der Waals surface area (Å²) in [6, 6.07) is 0. The van der Waals surface area contributed by atoms with Gasteiger partial charge in [0.1, 0.15) is 0 Å². The molecule has 0 aliphatic carbocycles. The fourth-order valence-corrected chi connectivity index (χ4v) is 0.604. The van der Waals surface area contributed by atoms with Gasteiger partial charge in [0.05, 0.1) is 0 Å². The highest BCUT2D eigenvalue weighted by Gasteiger charge is 2.58. The third kappa shape index (κ3) is 0.541. The van der Waals surface area contributed by atoms with Crippen molar-refractivity contribution in [1.29, 1.82) is 0 Å². The third-order valence-electron chi connectivity index (χ3n) is 1.07. The number of esters is 2. The van der Waals surface area contributed by atoms with Crippen molar-refractivity contribution in [1.82, 2.24) is 0 Å². The van der Waals surface area contributed by atoms with Crippen LogP contribution in [0.15, 0.2) is 0 Å². The fourth-order valence-electron chi connectivity index (χ4n) is 0.604. The molecule has 0 unspecified atom stereocenters. The predicted octanol–water partition coefficient (Wildman–Crippen LogP) is -1.30. The Morgan fingerprint density at radius 2 is 1.60 bits per heavy atom. The van der Waals surface area contributed by atoms with Crippen LogP contribution in [0.2, 0.25) is 0 Å². The largest absolute Gasteiger partial charge is 0.519 e. The summed E-state index contributed by atoms with van der Waals surface area (Å²) in [5.74, 6) is -2.19. The van der Waals surface area contributed by atoms with Crippen LogP contribution in [-0.2, 0) is 28.5 Å². The van der Waals surface area contributed by atoms with Gasteiger partial charge in [-0.1, -0.05) is 0 Å². The molecule has 2 heterocycles. The molecule has 0 aromatic rings. The van der Waals surface area contributed by atoms with Crippen LogP contribution in [0.5, 0.6) is 0 Å². The van der Waals surface area contributed by atoms with E-state index in [1.165, 1.54) is 0 Å². The topological polar surface area (TPSA) is 71.1 Å². The number of hydrogen-bond acceptors (Lipinski definition) is 6. The molecular formula is C4H2O6. The average Bonchev–Trinajstić information content (AvgIpc) is 2.08. The molecule has 2 saturated heterocycles. The van der Waals surface area contributed by atoms with E-state index in [-0.39, 0.29) is 6.79 Å². The molecule has 0 aromatic heterocycles. The van der Waals surface area contributed by atoms with Gasteiger partial charge in [-0.3, -0.25) is 9.47 Å². The van der Waals surface area contributed by atoms with Crippen LogP contribution < -0.4 is 0 Å². The molecule has 0 amide bonds. The summed E-state index contributed by atoms with van der Waals surface area (Å²) in [6.45, 7) is -0.0411. The Morgan fingerprint density at radius 1 is 1.10 bits per heavy atom. The third-order valence-corrected chi connectivity index (χ3v) is 1.07. The minimum atomic E-state index is -1.84. The maximum absolute atomic E-state index is 10.3. The second-order valence-electron chi connectivity index (χ2n) is 1.69. The molecule has 6 heteroatoms. The zero-order valence-electron chi connectivity index (χ0n) is 4.66. The Hall–Kier alpha value is -1.14. The first-order valence-electron chi connectivity index (χ1n) is 2.46. The minimum Gasteiger partial charge on any atom is -0.365 e. The van der Waals surface area contributed by atoms with Crippen molar-refractivity contribution in [2.24, 2.45) is 0 Å². The van der Waals surface area contributed by atoms with Gasteiger partial charge >= 0.3 is 18.1 Å². The maximum atomic E-state index is 10.3. The molecule has 2 fully saturated rings. The van der Waals surface area contributed by atoms with E-state index in [9.17, 15) is 9.59 Å². The second-order valence-corrected chi connectivity index (χ2v) is 1.69. The highest BCUT2D eigenvalue weighted by molar-refractivity contribution is 6.31. The van der Waals surface area contributed by atoms with Crippen molar-refractivity contribution >= 4 is 11.9 Å². The lowest BCUT2D eigenvalue weighted by molar-refractivity contribution is -0.556. The van der Waals surface area contributed by atoms with E-state index in [4.69, 9.17) is 0 Å². The number of carbonyl (C=O) groups excluding carboxylic acids is 2. The van der Waals surface area contributed by atoms with Crippen molar-refractivity contribution in [3.05, 3.63) is 0 Å². The first kappa shape index (κ1) is 5.63. The predicted molar refractivity (Wildman–Crippen MR) is 22.0 cm³/mol. The van der Waals surface area contributed by atoms with Crippen LogP contribution in [0.4, 0.5) is 0 Å². The SMILES string of the molecule is O=C1OC2(OCO2)OC1=O. The van der Waals surface area contributed by atoms with E-state index in [1.54, 1.807) is 0 Å². The molecule has 6 nitrogen and oxygen atoms in total. The van der Waals surface area contributed by atoms with Crippen LogP contribution in [0.25, 0.3) is 0 Å². The van der Waals surface area contributed by atoms with Gasteiger partial charge in [-0.2, -0.15) is 0 Å². The molecule has 0 radical (unpaired) electrons. The normalized spacial score (nSPS) is 27.6. The van der Waals surface area contributed by atoms with Gasteiger partial charge in [-0.15, -0.1) is 0 Å². The molecule has 0 N–H and O–H groups in total. The van der Waals surface area contributed by atoms with Crippen LogP contribution in [-0.4, -0.2) is 24.9 Å². The van der Waals surface area contributed by atoms with Gasteiger partial charge in [-0.25, -0.2) is 9.59 Å². The maximum Gasteiger partial charge on any atom is 0.519 e. The fraction of sp³-hybridized carbons (Fsp3) is 0.500. The molecule has 2 rings (SSSR count). The first-order valence-corrected chi connectivity index (χ1v) is 2.46. The summed E-state index contributed by atoms with van der Waals surface area (Å²) < 4.78 is 17.5. The van der Waals surface area contributed by atoms with Crippen LogP contribution >= 0.6 is 0 Å². The zero-order valence-corrected chi connectivity index (χ0v) is 4.66. The van der Waals surface area contributed by atoms with Gasteiger partial charge in [-0.05, 0) is 0 Å². The molecule has 54 valence electrons. The van der Waals surface area contributed by atoms with Gasteiger partial charge in [0, 0.05) is 0 Å². The Labute approximate surface area is 54.6 Å². The monoisotopic (exact) mass is 146 g/mol. The molecule has 10 heavy (non-hydrogen) atoms. The average molecular weight is 146 g/mol. The van der Waals surface area contributed by atoms with Crippen LogP contribution in [0, 0.1) is 0 Å². The van der Waals surface area contributed by atoms with E-state index in [0.717, 1.165) is 0 Å². The van der Waals surface area contributed by atoms with Gasteiger partial charge < -0.3 is 9.47 Å². The summed E-state index contributed by atoms with van der Waals surface area (Å²) in [5.41, 5.74) is 0. The lowest BCUT2D eigenvalue weighted by Crippen LogP contribution is -2.48. The highest BCUT2D eigenvalue weighted by Crippen LogP contribution is 2.30. The Morgan fingerprint density at radius 3 is 1.80 bits per heavy atom. The van der Waals surface area contributed by atoms with Crippen LogP contribution in [0.3, 0.4) is 0 Å². The van der Waals surface area contributed by atoms with Crippen molar-refractivity contribution in [2.75, 3.05) is 6.79 Å². The molecule has 0 aromatic carbocycles. The van der Waals surface area contributed by atoms with Crippen molar-refractivity contribution < 1.29 is 28.5 Å². The zero-order chi connectivity index (χ0) is 7.19. The lowest BCUT2D eigenvalue weighted by atomic mass is 10.7. The number of hydrogen-bond donors (Lipinski definition) is 0. The molecule has 2 aliphatic rings. The Balaban J connectivity index is 2.17. The van der Waals surface area contributed by atoms with E-state index < -0.39 is 18.1 Å². The van der Waals surface area contributed by atoms with E-state index in [2.05, 4.69) is 18.9 Å². The summed E-state index contributed by atoms with van der Waals surface area (Å²) in [5, 5.41) is 0. The molecular weight excluding hydrogens is 144 g/mol.